The van der Waals surface area contributed by atoms with Gasteiger partial charge in [0, 0.05) is 18.8 Å². The number of hydrogen-bond acceptors (Lipinski definition) is 2. The zero-order valence-electron chi connectivity index (χ0n) is 10.7. The molecule has 0 aliphatic heterocycles. The van der Waals surface area contributed by atoms with Crippen LogP contribution in [0.2, 0.25) is 0 Å². The number of nitrogens with zero attached hydrogens (tertiary/aromatic N) is 1. The fourth-order valence-corrected chi connectivity index (χ4v) is 1.73. The maximum absolute atomic E-state index is 12.8. The first-order chi connectivity index (χ1) is 8.65. The van der Waals surface area contributed by atoms with Crippen LogP contribution in [0.1, 0.15) is 29.8 Å². The zero-order chi connectivity index (χ0) is 13.0. The summed E-state index contributed by atoms with van der Waals surface area (Å²) in [5, 5.41) is 3.37. The van der Waals surface area contributed by atoms with Gasteiger partial charge in [0.05, 0.1) is 5.69 Å². The smallest absolute Gasteiger partial charge is 0.123 e. The highest BCUT2D eigenvalue weighted by Crippen LogP contribution is 2.13. The van der Waals surface area contributed by atoms with Gasteiger partial charge < -0.3 is 5.32 Å². The molecule has 0 saturated carbocycles. The quantitative estimate of drug-likeness (QED) is 0.891. The predicted molar refractivity (Wildman–Crippen MR) is 70.6 cm³/mol. The van der Waals surface area contributed by atoms with Gasteiger partial charge in [-0.3, -0.25) is 4.98 Å². The summed E-state index contributed by atoms with van der Waals surface area (Å²) in [7, 11) is 0. The van der Waals surface area contributed by atoms with Gasteiger partial charge in [0.25, 0.3) is 0 Å². The molecule has 3 heteroatoms. The number of aryl methyl sites for hydroxylation is 1. The van der Waals surface area contributed by atoms with Crippen molar-refractivity contribution in [1.82, 2.24) is 10.3 Å². The number of benzene rings is 1. The van der Waals surface area contributed by atoms with Gasteiger partial charge in [0.15, 0.2) is 0 Å². The molecule has 0 bridgehead atoms. The van der Waals surface area contributed by atoms with Gasteiger partial charge in [0.1, 0.15) is 5.82 Å². The van der Waals surface area contributed by atoms with Crippen molar-refractivity contribution in [1.29, 1.82) is 0 Å². The minimum absolute atomic E-state index is 0.175. The zero-order valence-corrected chi connectivity index (χ0v) is 10.7. The van der Waals surface area contributed by atoms with Crippen LogP contribution >= 0.6 is 0 Å². The van der Waals surface area contributed by atoms with E-state index in [-0.39, 0.29) is 11.9 Å². The highest BCUT2D eigenvalue weighted by molar-refractivity contribution is 5.19. The Hall–Kier alpha value is -1.74. The molecule has 0 spiro atoms. The number of rotatable bonds is 4. The molecule has 94 valence electrons. The van der Waals surface area contributed by atoms with Crippen molar-refractivity contribution in [2.75, 3.05) is 0 Å². The summed E-state index contributed by atoms with van der Waals surface area (Å²) >= 11 is 0. The van der Waals surface area contributed by atoms with Crippen LogP contribution < -0.4 is 5.32 Å². The van der Waals surface area contributed by atoms with Crippen LogP contribution in [0.5, 0.6) is 0 Å². The Morgan fingerprint density at radius 1 is 1.17 bits per heavy atom. The average Bonchev–Trinajstić information content (AvgIpc) is 2.38. The van der Waals surface area contributed by atoms with Gasteiger partial charge in [-0.1, -0.05) is 18.2 Å². The predicted octanol–water partition coefficient (Wildman–Crippen LogP) is 3.38. The minimum atomic E-state index is -0.203. The maximum Gasteiger partial charge on any atom is 0.123 e. The van der Waals surface area contributed by atoms with Gasteiger partial charge in [-0.2, -0.15) is 0 Å². The molecular weight excluding hydrogens is 227 g/mol. The van der Waals surface area contributed by atoms with E-state index in [0.717, 1.165) is 16.8 Å². The molecule has 0 aliphatic rings. The van der Waals surface area contributed by atoms with Gasteiger partial charge in [-0.05, 0) is 43.2 Å². The molecule has 0 amide bonds. The van der Waals surface area contributed by atoms with Crippen LogP contribution in [0.15, 0.2) is 42.6 Å². The van der Waals surface area contributed by atoms with Gasteiger partial charge in [-0.15, -0.1) is 0 Å². The standard InChI is InChI=1S/C15H17FN2/c1-11-3-8-15(18-9-11)10-17-12(2)13-4-6-14(16)7-5-13/h3-9,12,17H,10H2,1-2H3/t12-/m1/s1. The van der Waals surface area contributed by atoms with Crippen molar-refractivity contribution in [3.05, 3.63) is 65.2 Å². The highest BCUT2D eigenvalue weighted by atomic mass is 19.1. The monoisotopic (exact) mass is 244 g/mol. The van der Waals surface area contributed by atoms with Crippen LogP contribution in [-0.2, 0) is 6.54 Å². The lowest BCUT2D eigenvalue weighted by Gasteiger charge is -2.14. The van der Waals surface area contributed by atoms with E-state index >= 15 is 0 Å². The van der Waals surface area contributed by atoms with Crippen LogP contribution in [-0.4, -0.2) is 4.98 Å². The highest BCUT2D eigenvalue weighted by Gasteiger charge is 2.05. The molecule has 0 aliphatic carbocycles. The first kappa shape index (κ1) is 12.7. The summed E-state index contributed by atoms with van der Waals surface area (Å²) in [6.45, 7) is 4.78. The van der Waals surface area contributed by atoms with Crippen LogP contribution in [0, 0.1) is 12.7 Å². The summed E-state index contributed by atoms with van der Waals surface area (Å²) in [5.74, 6) is -0.203. The molecule has 0 fully saturated rings. The van der Waals surface area contributed by atoms with E-state index in [1.54, 1.807) is 12.1 Å². The fourth-order valence-electron chi connectivity index (χ4n) is 1.73. The molecule has 0 saturated heterocycles. The lowest BCUT2D eigenvalue weighted by molar-refractivity contribution is 0.564. The van der Waals surface area contributed by atoms with Crippen molar-refractivity contribution >= 4 is 0 Å². The molecule has 1 heterocycles. The molecule has 2 aromatic rings. The maximum atomic E-state index is 12.8. The lowest BCUT2D eigenvalue weighted by Crippen LogP contribution is -2.18. The molecule has 2 rings (SSSR count). The van der Waals surface area contributed by atoms with E-state index in [4.69, 9.17) is 0 Å². The number of halogens is 1. The SMILES string of the molecule is Cc1ccc(CN[C@H](C)c2ccc(F)cc2)nc1. The topological polar surface area (TPSA) is 24.9 Å². The number of nitrogens with one attached hydrogen (secondary N) is 1. The molecule has 0 radical (unpaired) electrons. The summed E-state index contributed by atoms with van der Waals surface area (Å²) in [4.78, 5) is 4.34. The third kappa shape index (κ3) is 3.37. The summed E-state index contributed by atoms with van der Waals surface area (Å²) in [5.41, 5.74) is 3.24. The number of aromatic nitrogens is 1. The van der Waals surface area contributed by atoms with Crippen LogP contribution in [0.3, 0.4) is 0 Å². The Labute approximate surface area is 107 Å². The second-order valence-corrected chi connectivity index (χ2v) is 4.48. The Balaban J connectivity index is 1.93. The van der Waals surface area contributed by atoms with Crippen molar-refractivity contribution in [2.45, 2.75) is 26.4 Å². The van der Waals surface area contributed by atoms with Crippen LogP contribution in [0.4, 0.5) is 4.39 Å². The van der Waals surface area contributed by atoms with E-state index in [9.17, 15) is 4.39 Å². The van der Waals surface area contributed by atoms with Crippen LogP contribution in [0.25, 0.3) is 0 Å². The summed E-state index contributed by atoms with van der Waals surface area (Å²) < 4.78 is 12.8. The largest absolute Gasteiger partial charge is 0.305 e. The Morgan fingerprint density at radius 3 is 2.50 bits per heavy atom. The molecule has 1 atom stereocenters. The Morgan fingerprint density at radius 2 is 1.89 bits per heavy atom. The third-order valence-electron chi connectivity index (χ3n) is 2.93. The molecule has 18 heavy (non-hydrogen) atoms. The van der Waals surface area contributed by atoms with E-state index in [0.29, 0.717) is 6.54 Å². The van der Waals surface area contributed by atoms with Crippen molar-refractivity contribution in [2.24, 2.45) is 0 Å². The fraction of sp³-hybridized carbons (Fsp3) is 0.267. The minimum Gasteiger partial charge on any atom is -0.305 e. The molecule has 1 aromatic heterocycles. The Bertz CT molecular complexity index is 491. The second kappa shape index (κ2) is 5.74. The second-order valence-electron chi connectivity index (χ2n) is 4.48. The van der Waals surface area contributed by atoms with Gasteiger partial charge in [-0.25, -0.2) is 4.39 Å². The number of hydrogen-bond donors (Lipinski definition) is 1. The van der Waals surface area contributed by atoms with E-state index < -0.39 is 0 Å². The molecule has 1 N–H and O–H groups in total. The molecule has 2 nitrogen and oxygen atoms in total. The van der Waals surface area contributed by atoms with Gasteiger partial charge >= 0.3 is 0 Å². The normalized spacial score (nSPS) is 12.4. The van der Waals surface area contributed by atoms with Crippen molar-refractivity contribution in [3.63, 3.8) is 0 Å². The lowest BCUT2D eigenvalue weighted by atomic mass is 10.1. The van der Waals surface area contributed by atoms with Crippen molar-refractivity contribution < 1.29 is 4.39 Å². The first-order valence-electron chi connectivity index (χ1n) is 6.05. The van der Waals surface area contributed by atoms with E-state index in [1.165, 1.54) is 12.1 Å². The molecule has 1 aromatic carbocycles. The van der Waals surface area contributed by atoms with Gasteiger partial charge in [0.2, 0.25) is 0 Å². The summed E-state index contributed by atoms with van der Waals surface area (Å²) in [6.07, 6.45) is 1.86. The third-order valence-corrected chi connectivity index (χ3v) is 2.93. The summed E-state index contributed by atoms with van der Waals surface area (Å²) in [6, 6.07) is 10.8. The van der Waals surface area contributed by atoms with E-state index in [2.05, 4.69) is 17.2 Å². The van der Waals surface area contributed by atoms with Crippen molar-refractivity contribution in [3.8, 4) is 0 Å². The number of pyridine rings is 1. The first-order valence-corrected chi connectivity index (χ1v) is 6.05. The Kier molecular flexibility index (Phi) is 4.05. The molecular formula is C15H17FN2. The average molecular weight is 244 g/mol. The van der Waals surface area contributed by atoms with E-state index in [1.807, 2.05) is 25.3 Å². The molecule has 0 unspecified atom stereocenters.